The Bertz CT molecular complexity index is 1220. The molecule has 2 heterocycles. The van der Waals surface area contributed by atoms with Gasteiger partial charge >= 0.3 is 6.09 Å². The minimum absolute atomic E-state index is 0.0329. The number of primary amides is 1. The highest BCUT2D eigenvalue weighted by atomic mass is 19.1. The van der Waals surface area contributed by atoms with Gasteiger partial charge in [0.2, 0.25) is 23.6 Å². The monoisotopic (exact) mass is 527 g/mol. The molecule has 1 saturated heterocycles. The van der Waals surface area contributed by atoms with Gasteiger partial charge in [0, 0.05) is 24.4 Å². The molecule has 0 aromatic heterocycles. The summed E-state index contributed by atoms with van der Waals surface area (Å²) in [5.41, 5.74) is 5.33. The Labute approximate surface area is 218 Å². The Balaban J connectivity index is 1.45. The molecule has 5 amide bonds. The first-order chi connectivity index (χ1) is 18.1. The van der Waals surface area contributed by atoms with Gasteiger partial charge < -0.3 is 26.0 Å². The largest absolute Gasteiger partial charge is 0.444 e. The van der Waals surface area contributed by atoms with Gasteiger partial charge in [-0.25, -0.2) is 9.18 Å². The molecule has 4 rings (SSSR count). The number of nitrogens with zero attached hydrogens (tertiary/aromatic N) is 2. The number of halogens is 1. The van der Waals surface area contributed by atoms with E-state index in [0.717, 1.165) is 0 Å². The zero-order valence-corrected chi connectivity index (χ0v) is 20.9. The molecule has 4 N–H and O–H groups in total. The summed E-state index contributed by atoms with van der Waals surface area (Å²) in [5, 5.41) is 5.10. The number of carbonyl (C=O) groups excluding carboxylic acids is 5. The molecule has 2 fully saturated rings. The van der Waals surface area contributed by atoms with Crippen LogP contribution >= 0.6 is 0 Å². The Kier molecular flexibility index (Phi) is 7.51. The number of allylic oxidation sites excluding steroid dienone is 1. The third kappa shape index (κ3) is 5.24. The van der Waals surface area contributed by atoms with E-state index < -0.39 is 53.2 Å². The highest BCUT2D eigenvalue weighted by Crippen LogP contribution is 2.44. The van der Waals surface area contributed by atoms with Gasteiger partial charge in [-0.05, 0) is 31.1 Å². The molecular weight excluding hydrogens is 497 g/mol. The molecule has 2 aliphatic heterocycles. The lowest BCUT2D eigenvalue weighted by Crippen LogP contribution is -2.55. The summed E-state index contributed by atoms with van der Waals surface area (Å²) in [7, 11) is 0. The quantitative estimate of drug-likeness (QED) is 0.331. The maximum atomic E-state index is 14.1. The number of carbonyl (C=O) groups is 5. The molecule has 1 aromatic carbocycles. The van der Waals surface area contributed by atoms with Crippen LogP contribution in [0.1, 0.15) is 30.9 Å². The second kappa shape index (κ2) is 10.6. The van der Waals surface area contributed by atoms with Crippen molar-refractivity contribution in [2.24, 2.45) is 11.7 Å². The van der Waals surface area contributed by atoms with Gasteiger partial charge in [-0.2, -0.15) is 0 Å². The van der Waals surface area contributed by atoms with E-state index in [4.69, 9.17) is 10.5 Å². The van der Waals surface area contributed by atoms with E-state index in [2.05, 4.69) is 17.2 Å². The van der Waals surface area contributed by atoms with Crippen LogP contribution in [0.2, 0.25) is 0 Å². The third-order valence-electron chi connectivity index (χ3n) is 7.15. The van der Waals surface area contributed by atoms with Crippen molar-refractivity contribution in [1.82, 2.24) is 20.4 Å². The van der Waals surface area contributed by atoms with Crippen molar-refractivity contribution in [3.05, 3.63) is 60.0 Å². The first kappa shape index (κ1) is 26.8. The van der Waals surface area contributed by atoms with E-state index in [9.17, 15) is 28.4 Å². The van der Waals surface area contributed by atoms with Crippen LogP contribution in [0.5, 0.6) is 0 Å². The summed E-state index contributed by atoms with van der Waals surface area (Å²) in [5.74, 6) is -3.14. The highest BCUT2D eigenvalue weighted by Gasteiger charge is 2.59. The number of hydrogen-bond acceptors (Lipinski definition) is 6. The van der Waals surface area contributed by atoms with Crippen LogP contribution in [-0.2, 0) is 37.0 Å². The Morgan fingerprint density at radius 2 is 2.03 bits per heavy atom. The van der Waals surface area contributed by atoms with Crippen LogP contribution < -0.4 is 16.4 Å². The van der Waals surface area contributed by atoms with E-state index in [1.54, 1.807) is 19.1 Å². The number of amides is 5. The molecule has 0 radical (unpaired) electrons. The minimum atomic E-state index is -1.28. The van der Waals surface area contributed by atoms with Crippen molar-refractivity contribution >= 4 is 29.7 Å². The number of benzene rings is 1. The number of ether oxygens (including phenoxy) is 1. The number of fused-ring (bicyclic) bond motifs is 1. The lowest BCUT2D eigenvalue weighted by molar-refractivity contribution is -0.139. The molecule has 3 aliphatic rings. The van der Waals surface area contributed by atoms with Crippen molar-refractivity contribution in [3.8, 4) is 0 Å². The zero-order valence-electron chi connectivity index (χ0n) is 20.9. The molecule has 12 heteroatoms. The van der Waals surface area contributed by atoms with Crippen LogP contribution in [-0.4, -0.2) is 70.3 Å². The lowest BCUT2D eigenvalue weighted by atomic mass is 10.1. The van der Waals surface area contributed by atoms with Gasteiger partial charge in [-0.3, -0.25) is 24.1 Å². The molecule has 0 unspecified atom stereocenters. The summed E-state index contributed by atoms with van der Waals surface area (Å²) in [6, 6.07) is 3.54. The van der Waals surface area contributed by atoms with Crippen LogP contribution in [0.3, 0.4) is 0 Å². The molecule has 1 aliphatic carbocycles. The average Bonchev–Trinajstić information content (AvgIpc) is 3.20. The van der Waals surface area contributed by atoms with Gasteiger partial charge in [0.1, 0.15) is 23.5 Å². The summed E-state index contributed by atoms with van der Waals surface area (Å²) < 4.78 is 19.7. The van der Waals surface area contributed by atoms with E-state index in [1.165, 1.54) is 34.1 Å². The summed E-state index contributed by atoms with van der Waals surface area (Å²) in [6.45, 7) is 5.03. The molecular formula is C26H30FN5O6. The second-order valence-electron chi connectivity index (χ2n) is 9.63. The number of likely N-dealkylation sites (tertiary alicyclic amines) is 1. The number of hydrogen-bond donors (Lipinski definition) is 3. The van der Waals surface area contributed by atoms with Crippen LogP contribution in [0, 0.1) is 11.7 Å². The molecule has 4 atom stereocenters. The molecule has 1 aromatic rings. The third-order valence-corrected chi connectivity index (χ3v) is 7.15. The van der Waals surface area contributed by atoms with E-state index in [0.29, 0.717) is 17.5 Å². The standard InChI is InChI=1S/C26H30FN5O6/c1-3-6-21(33)29-11-22(34)32-13-17(9-20(32)23(35)30-26(24(28)36)10-16(26)4-2)38-25(37)31-12-15-7-5-8-19(27)18(15)14-31/h3-8,16-17,20H,2,9-14H2,1H3,(H2,28,36)(H,29,33)(H,30,35)/b6-3+/t16-,17-,20+,26-/m1/s1. The molecule has 1 saturated carbocycles. The molecule has 38 heavy (non-hydrogen) atoms. The number of nitrogens with two attached hydrogens (primary N) is 1. The second-order valence-corrected chi connectivity index (χ2v) is 9.63. The number of rotatable bonds is 8. The van der Waals surface area contributed by atoms with E-state index >= 15 is 0 Å². The topological polar surface area (TPSA) is 151 Å². The fraction of sp³-hybridized carbons (Fsp3) is 0.423. The molecule has 202 valence electrons. The Hall–Kier alpha value is -4.22. The maximum absolute atomic E-state index is 14.1. The SMILES string of the molecule is C=C[C@@H]1C[C@]1(NC(=O)[C@@H]1C[C@@H](OC(=O)N2Cc3cccc(F)c3C2)CN1C(=O)CNC(=O)/C=C/C)C(N)=O. The first-order valence-corrected chi connectivity index (χ1v) is 12.3. The van der Waals surface area contributed by atoms with Crippen LogP contribution in [0.15, 0.2) is 43.0 Å². The Morgan fingerprint density at radius 3 is 2.66 bits per heavy atom. The van der Waals surface area contributed by atoms with Gasteiger partial charge in [0.25, 0.3) is 0 Å². The van der Waals surface area contributed by atoms with Gasteiger partial charge in [0.15, 0.2) is 0 Å². The van der Waals surface area contributed by atoms with Crippen molar-refractivity contribution < 1.29 is 33.1 Å². The van der Waals surface area contributed by atoms with E-state index in [1.807, 2.05) is 0 Å². The predicted octanol–water partition coefficient (Wildman–Crippen LogP) is 0.486. The normalized spacial score (nSPS) is 25.6. The lowest BCUT2D eigenvalue weighted by Gasteiger charge is -2.25. The predicted molar refractivity (Wildman–Crippen MR) is 132 cm³/mol. The van der Waals surface area contributed by atoms with Gasteiger partial charge in [-0.15, -0.1) is 6.58 Å². The molecule has 0 bridgehead atoms. The maximum Gasteiger partial charge on any atom is 0.410 e. The fourth-order valence-corrected chi connectivity index (χ4v) is 4.97. The summed E-state index contributed by atoms with van der Waals surface area (Å²) in [6.07, 6.45) is 3.00. The minimum Gasteiger partial charge on any atom is -0.444 e. The van der Waals surface area contributed by atoms with Crippen molar-refractivity contribution in [3.63, 3.8) is 0 Å². The fourth-order valence-electron chi connectivity index (χ4n) is 4.97. The van der Waals surface area contributed by atoms with E-state index in [-0.39, 0.29) is 38.5 Å². The molecule has 11 nitrogen and oxygen atoms in total. The van der Waals surface area contributed by atoms with Crippen molar-refractivity contribution in [2.45, 2.75) is 50.5 Å². The smallest absolute Gasteiger partial charge is 0.410 e. The first-order valence-electron chi connectivity index (χ1n) is 12.3. The highest BCUT2D eigenvalue weighted by molar-refractivity contribution is 5.97. The van der Waals surface area contributed by atoms with Crippen LogP contribution in [0.4, 0.5) is 9.18 Å². The molecule has 0 spiro atoms. The average molecular weight is 528 g/mol. The number of nitrogens with one attached hydrogen (secondary N) is 2. The summed E-state index contributed by atoms with van der Waals surface area (Å²) in [4.78, 5) is 65.5. The Morgan fingerprint density at radius 1 is 1.26 bits per heavy atom. The van der Waals surface area contributed by atoms with Crippen LogP contribution in [0.25, 0.3) is 0 Å². The summed E-state index contributed by atoms with van der Waals surface area (Å²) >= 11 is 0. The zero-order chi connectivity index (χ0) is 27.6. The van der Waals surface area contributed by atoms with Gasteiger partial charge in [-0.1, -0.05) is 24.3 Å². The van der Waals surface area contributed by atoms with Crippen molar-refractivity contribution in [2.75, 3.05) is 13.1 Å². The van der Waals surface area contributed by atoms with Gasteiger partial charge in [0.05, 0.1) is 19.6 Å². The van der Waals surface area contributed by atoms with Crippen molar-refractivity contribution in [1.29, 1.82) is 0 Å².